The van der Waals surface area contributed by atoms with E-state index in [0.717, 1.165) is 38.0 Å². The molecule has 26 heavy (non-hydrogen) atoms. The van der Waals surface area contributed by atoms with Crippen molar-refractivity contribution in [3.05, 3.63) is 59.4 Å². The topological polar surface area (TPSA) is 53.5 Å². The number of hydrogen-bond donors (Lipinski definition) is 0. The number of carbonyl (C=O) groups excluding carboxylic acids is 2. The summed E-state index contributed by atoms with van der Waals surface area (Å²) in [5.41, 5.74) is 3.03. The van der Waals surface area contributed by atoms with Gasteiger partial charge in [-0.2, -0.15) is 0 Å². The highest BCUT2D eigenvalue weighted by Crippen LogP contribution is 2.29. The highest BCUT2D eigenvalue weighted by atomic mass is 16.2. The minimum atomic E-state index is -0.0759. The Morgan fingerprint density at radius 3 is 2.81 bits per heavy atom. The summed E-state index contributed by atoms with van der Waals surface area (Å²) in [5.74, 6) is 0.366. The summed E-state index contributed by atoms with van der Waals surface area (Å²) >= 11 is 0. The van der Waals surface area contributed by atoms with Crippen LogP contribution < -0.4 is 4.90 Å². The van der Waals surface area contributed by atoms with Crippen molar-refractivity contribution in [1.29, 1.82) is 0 Å². The molecule has 134 valence electrons. The zero-order valence-corrected chi connectivity index (χ0v) is 15.0. The summed E-state index contributed by atoms with van der Waals surface area (Å²) in [7, 11) is 0. The van der Waals surface area contributed by atoms with Crippen molar-refractivity contribution in [3.8, 4) is 0 Å². The fourth-order valence-electron chi connectivity index (χ4n) is 3.92. The zero-order valence-electron chi connectivity index (χ0n) is 15.0. The SMILES string of the molecule is CC1CCCN(C(=O)c2cc(C(=O)N3CCc4ccccc43)ccn2)C1. The number of benzene rings is 1. The third-order valence-corrected chi connectivity index (χ3v) is 5.30. The van der Waals surface area contributed by atoms with Crippen molar-refractivity contribution in [2.45, 2.75) is 26.2 Å². The monoisotopic (exact) mass is 349 g/mol. The van der Waals surface area contributed by atoms with Gasteiger partial charge in [-0.15, -0.1) is 0 Å². The molecule has 1 aromatic heterocycles. The maximum absolute atomic E-state index is 13.0. The summed E-state index contributed by atoms with van der Waals surface area (Å²) in [6, 6.07) is 11.3. The van der Waals surface area contributed by atoms with E-state index in [-0.39, 0.29) is 11.8 Å². The maximum atomic E-state index is 13.0. The van der Waals surface area contributed by atoms with Crippen molar-refractivity contribution >= 4 is 17.5 Å². The number of para-hydroxylation sites is 1. The standard InChI is InChI=1S/C21H23N3O2/c1-15-5-4-11-23(14-15)21(26)18-13-17(8-10-22-18)20(25)24-12-9-16-6-2-3-7-19(16)24/h2-3,6-8,10,13,15H,4-5,9,11-12,14H2,1H3. The first-order valence-corrected chi connectivity index (χ1v) is 9.28. The number of pyridine rings is 1. The van der Waals surface area contributed by atoms with Crippen molar-refractivity contribution in [1.82, 2.24) is 9.88 Å². The molecule has 5 heteroatoms. The molecule has 1 aromatic carbocycles. The van der Waals surface area contributed by atoms with Gasteiger partial charge >= 0.3 is 0 Å². The lowest BCUT2D eigenvalue weighted by Gasteiger charge is -2.30. The van der Waals surface area contributed by atoms with Crippen LogP contribution in [0.15, 0.2) is 42.6 Å². The van der Waals surface area contributed by atoms with Crippen molar-refractivity contribution in [2.24, 2.45) is 5.92 Å². The highest BCUT2D eigenvalue weighted by molar-refractivity contribution is 6.08. The molecule has 2 amide bonds. The molecular formula is C21H23N3O2. The van der Waals surface area contributed by atoms with Crippen LogP contribution in [0.1, 0.15) is 46.2 Å². The fraction of sp³-hybridized carbons (Fsp3) is 0.381. The van der Waals surface area contributed by atoms with Gasteiger partial charge in [-0.25, -0.2) is 0 Å². The lowest BCUT2D eigenvalue weighted by molar-refractivity contribution is 0.0677. The average molecular weight is 349 g/mol. The molecule has 1 atom stereocenters. The van der Waals surface area contributed by atoms with Crippen molar-refractivity contribution < 1.29 is 9.59 Å². The van der Waals surface area contributed by atoms with Crippen LogP contribution in [-0.4, -0.2) is 41.3 Å². The third kappa shape index (κ3) is 3.09. The number of carbonyl (C=O) groups is 2. The van der Waals surface area contributed by atoms with Crippen LogP contribution in [0.4, 0.5) is 5.69 Å². The van der Waals surface area contributed by atoms with Gasteiger partial charge in [0.25, 0.3) is 11.8 Å². The number of piperidine rings is 1. The van der Waals surface area contributed by atoms with Gasteiger partial charge in [-0.3, -0.25) is 14.6 Å². The first-order valence-electron chi connectivity index (χ1n) is 9.28. The second kappa shape index (κ2) is 6.90. The molecular weight excluding hydrogens is 326 g/mol. The number of rotatable bonds is 2. The number of nitrogens with zero attached hydrogens (tertiary/aromatic N) is 3. The molecule has 0 aliphatic carbocycles. The van der Waals surface area contributed by atoms with Crippen LogP contribution in [-0.2, 0) is 6.42 Å². The van der Waals surface area contributed by atoms with Crippen LogP contribution in [0.3, 0.4) is 0 Å². The normalized spacial score (nSPS) is 19.3. The predicted molar refractivity (Wildman–Crippen MR) is 100 cm³/mol. The Bertz CT molecular complexity index is 849. The van der Waals surface area contributed by atoms with Crippen molar-refractivity contribution in [3.63, 3.8) is 0 Å². The fourth-order valence-corrected chi connectivity index (χ4v) is 3.92. The number of anilines is 1. The van der Waals surface area contributed by atoms with Gasteiger partial charge in [-0.05, 0) is 48.9 Å². The Hall–Kier alpha value is -2.69. The average Bonchev–Trinajstić information content (AvgIpc) is 3.11. The largest absolute Gasteiger partial charge is 0.337 e. The van der Waals surface area contributed by atoms with E-state index in [4.69, 9.17) is 0 Å². The molecule has 3 heterocycles. The van der Waals surface area contributed by atoms with Crippen LogP contribution >= 0.6 is 0 Å². The molecule has 0 bridgehead atoms. The molecule has 0 radical (unpaired) electrons. The molecule has 0 N–H and O–H groups in total. The number of aromatic nitrogens is 1. The third-order valence-electron chi connectivity index (χ3n) is 5.30. The first-order chi connectivity index (χ1) is 12.6. The molecule has 2 aliphatic rings. The molecule has 0 spiro atoms. The second-order valence-electron chi connectivity index (χ2n) is 7.26. The number of hydrogen-bond acceptors (Lipinski definition) is 3. The minimum Gasteiger partial charge on any atom is -0.337 e. The molecule has 1 unspecified atom stereocenters. The predicted octanol–water partition coefficient (Wildman–Crippen LogP) is 3.16. The molecule has 2 aromatic rings. The van der Waals surface area contributed by atoms with E-state index in [2.05, 4.69) is 18.0 Å². The van der Waals surface area contributed by atoms with Crippen LogP contribution in [0, 0.1) is 5.92 Å². The quantitative estimate of drug-likeness (QED) is 0.837. The lowest BCUT2D eigenvalue weighted by atomic mass is 10.00. The number of fused-ring (bicyclic) bond motifs is 1. The number of amides is 2. The van der Waals surface area contributed by atoms with Crippen LogP contribution in [0.25, 0.3) is 0 Å². The summed E-state index contributed by atoms with van der Waals surface area (Å²) in [6.45, 7) is 4.37. The summed E-state index contributed by atoms with van der Waals surface area (Å²) in [6.07, 6.45) is 4.61. The van der Waals surface area contributed by atoms with Gasteiger partial charge in [0.2, 0.25) is 0 Å². The smallest absolute Gasteiger partial charge is 0.272 e. The van der Waals surface area contributed by atoms with E-state index in [1.165, 1.54) is 5.56 Å². The van der Waals surface area contributed by atoms with Gasteiger partial charge in [0.05, 0.1) is 0 Å². The molecule has 2 aliphatic heterocycles. The van der Waals surface area contributed by atoms with Crippen molar-refractivity contribution in [2.75, 3.05) is 24.5 Å². The highest BCUT2D eigenvalue weighted by Gasteiger charge is 2.27. The molecule has 1 saturated heterocycles. The van der Waals surface area contributed by atoms with Gasteiger partial charge in [0.1, 0.15) is 5.69 Å². The lowest BCUT2D eigenvalue weighted by Crippen LogP contribution is -2.39. The minimum absolute atomic E-state index is 0.0709. The Labute approximate surface area is 153 Å². The summed E-state index contributed by atoms with van der Waals surface area (Å²) in [5, 5.41) is 0. The van der Waals surface area contributed by atoms with Crippen LogP contribution in [0.5, 0.6) is 0 Å². The van der Waals surface area contributed by atoms with E-state index in [1.807, 2.05) is 23.1 Å². The van der Waals surface area contributed by atoms with E-state index < -0.39 is 0 Å². The van der Waals surface area contributed by atoms with Gasteiger partial charge in [-0.1, -0.05) is 25.1 Å². The zero-order chi connectivity index (χ0) is 18.1. The summed E-state index contributed by atoms with van der Waals surface area (Å²) in [4.78, 5) is 33.6. The molecule has 4 rings (SSSR count). The van der Waals surface area contributed by atoms with E-state index in [1.54, 1.807) is 23.2 Å². The maximum Gasteiger partial charge on any atom is 0.272 e. The Balaban J connectivity index is 1.56. The Morgan fingerprint density at radius 2 is 1.96 bits per heavy atom. The molecule has 5 nitrogen and oxygen atoms in total. The Morgan fingerprint density at radius 1 is 1.12 bits per heavy atom. The van der Waals surface area contributed by atoms with Crippen LogP contribution in [0.2, 0.25) is 0 Å². The Kier molecular flexibility index (Phi) is 4.45. The second-order valence-corrected chi connectivity index (χ2v) is 7.26. The van der Waals surface area contributed by atoms with Gasteiger partial charge < -0.3 is 9.80 Å². The molecule has 1 fully saturated rings. The van der Waals surface area contributed by atoms with E-state index in [0.29, 0.717) is 23.7 Å². The number of likely N-dealkylation sites (tertiary alicyclic amines) is 1. The summed E-state index contributed by atoms with van der Waals surface area (Å²) < 4.78 is 0. The molecule has 0 saturated carbocycles. The first kappa shape index (κ1) is 16.8. The van der Waals surface area contributed by atoms with Gasteiger partial charge in [0, 0.05) is 37.1 Å². The van der Waals surface area contributed by atoms with E-state index in [9.17, 15) is 9.59 Å². The van der Waals surface area contributed by atoms with E-state index >= 15 is 0 Å². The van der Waals surface area contributed by atoms with Gasteiger partial charge in [0.15, 0.2) is 0 Å².